The van der Waals surface area contributed by atoms with E-state index in [1.807, 2.05) is 12.1 Å². The first-order valence-electron chi connectivity index (χ1n) is 38.2. The SMILES string of the molecule is C=C(C)C(=O)OCCc1cc(-c2ccc(-c3ccc(C4CCC(CCCCC)CC4)cc3)cc2)ccc1OCCC(CO)(CO)CCCCCC(=C)C(=O)OCCCc1cc(C2CCC(C3CCC(C4CCC(CCCCC)CC4)CC3)CC2)ccc1OCCC(CO)CO. The maximum absolute atomic E-state index is 13.2. The van der Waals surface area contributed by atoms with E-state index < -0.39 is 11.4 Å². The maximum Gasteiger partial charge on any atom is 0.333 e. The molecule has 4 aromatic carbocycles. The molecule has 10 heteroatoms. The molecule has 0 atom stereocenters. The fraction of sp³-hybridized carbons (Fsp3) is 0.647. The molecule has 0 radical (unpaired) electrons. The molecular weight excluding hydrogens is 1180 g/mol. The minimum atomic E-state index is -0.751. The molecule has 4 aliphatic carbocycles. The van der Waals surface area contributed by atoms with E-state index in [0.29, 0.717) is 80.3 Å². The van der Waals surface area contributed by atoms with Crippen LogP contribution in [0.15, 0.2) is 109 Å². The van der Waals surface area contributed by atoms with Gasteiger partial charge in [-0.1, -0.05) is 171 Å². The van der Waals surface area contributed by atoms with E-state index in [4.69, 9.17) is 18.9 Å². The monoisotopic (exact) mass is 1300 g/mol. The average molecular weight is 1310 g/mol. The number of unbranched alkanes of at least 4 members (excludes halogenated alkanes) is 6. The maximum atomic E-state index is 13.2. The van der Waals surface area contributed by atoms with Crippen LogP contribution in [-0.4, -0.2) is 85.2 Å². The predicted octanol–water partition coefficient (Wildman–Crippen LogP) is 19.8. The van der Waals surface area contributed by atoms with Crippen molar-refractivity contribution in [3.8, 4) is 33.8 Å². The summed E-state index contributed by atoms with van der Waals surface area (Å²) in [4.78, 5) is 25.6. The summed E-state index contributed by atoms with van der Waals surface area (Å²) in [6, 6.07) is 30.7. The van der Waals surface area contributed by atoms with E-state index in [1.54, 1.807) is 6.92 Å². The van der Waals surface area contributed by atoms with Crippen LogP contribution in [0.1, 0.15) is 260 Å². The summed E-state index contributed by atoms with van der Waals surface area (Å²) < 4.78 is 24.1. The molecule has 4 aromatic rings. The Labute approximate surface area is 573 Å². The minimum Gasteiger partial charge on any atom is -0.493 e. The lowest BCUT2D eigenvalue weighted by Gasteiger charge is -2.41. The molecular formula is C85H124O10. The molecule has 4 saturated carbocycles. The Balaban J connectivity index is 0.757. The van der Waals surface area contributed by atoms with E-state index in [9.17, 15) is 30.0 Å². The van der Waals surface area contributed by atoms with Crippen molar-refractivity contribution in [2.75, 3.05) is 52.9 Å². The van der Waals surface area contributed by atoms with Crippen molar-refractivity contribution < 1.29 is 49.0 Å². The predicted molar refractivity (Wildman–Crippen MR) is 388 cm³/mol. The number of carbonyl (C=O) groups is 2. The molecule has 4 aliphatic rings. The van der Waals surface area contributed by atoms with Crippen molar-refractivity contribution in [1.82, 2.24) is 0 Å². The highest BCUT2D eigenvalue weighted by Crippen LogP contribution is 2.48. The smallest absolute Gasteiger partial charge is 0.333 e. The average Bonchev–Trinajstić information content (AvgIpc) is 1.01. The molecule has 95 heavy (non-hydrogen) atoms. The van der Waals surface area contributed by atoms with Gasteiger partial charge < -0.3 is 39.4 Å². The van der Waals surface area contributed by atoms with Crippen LogP contribution in [0.5, 0.6) is 11.5 Å². The topological polar surface area (TPSA) is 152 Å². The van der Waals surface area contributed by atoms with E-state index in [0.717, 1.165) is 82.8 Å². The Morgan fingerprint density at radius 1 is 0.474 bits per heavy atom. The van der Waals surface area contributed by atoms with Gasteiger partial charge in [-0.2, -0.15) is 0 Å². The first-order chi connectivity index (χ1) is 46.3. The van der Waals surface area contributed by atoms with Crippen molar-refractivity contribution >= 4 is 11.9 Å². The van der Waals surface area contributed by atoms with Crippen molar-refractivity contribution in [1.29, 1.82) is 0 Å². The van der Waals surface area contributed by atoms with Gasteiger partial charge in [-0.05, 0) is 252 Å². The Morgan fingerprint density at radius 3 is 1.52 bits per heavy atom. The van der Waals surface area contributed by atoms with E-state index in [2.05, 4.69) is 99.8 Å². The van der Waals surface area contributed by atoms with Gasteiger partial charge in [0.2, 0.25) is 0 Å². The Kier molecular flexibility index (Phi) is 32.3. The number of hydrogen-bond donors (Lipinski definition) is 4. The van der Waals surface area contributed by atoms with Crippen LogP contribution in [0.25, 0.3) is 22.3 Å². The van der Waals surface area contributed by atoms with Gasteiger partial charge in [0.1, 0.15) is 11.5 Å². The summed E-state index contributed by atoms with van der Waals surface area (Å²) in [7, 11) is 0. The molecule has 4 N–H and O–H groups in total. The van der Waals surface area contributed by atoms with Crippen LogP contribution in [0, 0.1) is 46.8 Å². The third-order valence-electron chi connectivity index (χ3n) is 23.3. The van der Waals surface area contributed by atoms with Crippen LogP contribution in [0.3, 0.4) is 0 Å². The van der Waals surface area contributed by atoms with Gasteiger partial charge in [0.15, 0.2) is 0 Å². The Bertz CT molecular complexity index is 2870. The summed E-state index contributed by atoms with van der Waals surface area (Å²) in [5.41, 5.74) is 9.33. The molecule has 0 heterocycles. The molecule has 0 amide bonds. The molecule has 0 unspecified atom stereocenters. The molecule has 0 aromatic heterocycles. The second kappa shape index (κ2) is 40.6. The van der Waals surface area contributed by atoms with Crippen LogP contribution in [0.2, 0.25) is 0 Å². The van der Waals surface area contributed by atoms with Crippen molar-refractivity contribution in [3.05, 3.63) is 131 Å². The van der Waals surface area contributed by atoms with Gasteiger partial charge in [0.25, 0.3) is 0 Å². The van der Waals surface area contributed by atoms with Crippen molar-refractivity contribution in [2.24, 2.45) is 46.8 Å². The standard InChI is InChI=1S/C85H124O10/c1-6-8-11-17-64-20-24-67(25-21-64)69-28-32-71(33-29-69)73-36-40-75(41-37-73)77-44-46-81(92-53-48-66(58-86)59-87)79(56-77)19-15-52-94-84(91)63(5)16-13-10-14-50-85(60-88,61-89)51-55-93-82-47-45-78(57-80(82)49-54-95-83(90)62(3)4)76-42-38-74(39-43-76)72-34-30-70(31-35-72)68-26-22-65(23-27-68)18-12-9-7-2/h30-31,34-35,38-39,42-47,56-57,64-69,71,73,75,86-89H,3,5-29,32-33,36-37,40-41,48-55,58-61H2,1-2,4H3. The second-order valence-corrected chi connectivity index (χ2v) is 30.0. The largest absolute Gasteiger partial charge is 0.493 e. The summed E-state index contributed by atoms with van der Waals surface area (Å²) in [5, 5.41) is 40.8. The first-order valence-corrected chi connectivity index (χ1v) is 38.2. The van der Waals surface area contributed by atoms with Gasteiger partial charge in [0, 0.05) is 42.1 Å². The minimum absolute atomic E-state index is 0.0793. The number of carbonyl (C=O) groups excluding carboxylic acids is 2. The Hall–Kier alpha value is -5.26. The molecule has 0 aliphatic heterocycles. The lowest BCUT2D eigenvalue weighted by atomic mass is 9.64. The van der Waals surface area contributed by atoms with Gasteiger partial charge in [-0.25, -0.2) is 9.59 Å². The van der Waals surface area contributed by atoms with E-state index >= 15 is 0 Å². The zero-order valence-electron chi connectivity index (χ0n) is 59.1. The third kappa shape index (κ3) is 23.7. The summed E-state index contributed by atoms with van der Waals surface area (Å²) in [5.74, 6) is 7.22. The molecule has 0 bridgehead atoms. The number of aliphatic hydroxyl groups is 4. The summed E-state index contributed by atoms with van der Waals surface area (Å²) in [6.45, 7) is 14.6. The number of ether oxygens (including phenoxy) is 4. The molecule has 0 spiro atoms. The Morgan fingerprint density at radius 2 is 0.947 bits per heavy atom. The molecule has 0 saturated heterocycles. The van der Waals surface area contributed by atoms with Gasteiger partial charge in [-0.15, -0.1) is 0 Å². The normalized spacial score (nSPS) is 21.7. The highest BCUT2D eigenvalue weighted by atomic mass is 16.5. The zero-order valence-corrected chi connectivity index (χ0v) is 59.1. The third-order valence-corrected chi connectivity index (χ3v) is 23.3. The number of benzene rings is 4. The van der Waals surface area contributed by atoms with E-state index in [1.165, 1.54) is 176 Å². The molecule has 10 nitrogen and oxygen atoms in total. The second-order valence-electron chi connectivity index (χ2n) is 30.0. The van der Waals surface area contributed by atoms with Crippen molar-refractivity contribution in [2.45, 2.75) is 251 Å². The fourth-order valence-electron chi connectivity index (χ4n) is 16.7. The van der Waals surface area contributed by atoms with Crippen LogP contribution in [0.4, 0.5) is 0 Å². The summed E-state index contributed by atoms with van der Waals surface area (Å²) >= 11 is 0. The van der Waals surface area contributed by atoms with Crippen molar-refractivity contribution in [3.63, 3.8) is 0 Å². The molecule has 8 rings (SSSR count). The van der Waals surface area contributed by atoms with Gasteiger partial charge >= 0.3 is 11.9 Å². The fourth-order valence-corrected chi connectivity index (χ4v) is 16.7. The number of hydrogen-bond acceptors (Lipinski definition) is 10. The van der Waals surface area contributed by atoms with Crippen LogP contribution < -0.4 is 9.47 Å². The van der Waals surface area contributed by atoms with E-state index in [-0.39, 0.29) is 58.1 Å². The molecule has 524 valence electrons. The van der Waals surface area contributed by atoms with Crippen LogP contribution in [-0.2, 0) is 31.9 Å². The number of rotatable bonds is 41. The van der Waals surface area contributed by atoms with Gasteiger partial charge in [-0.3, -0.25) is 0 Å². The quantitative estimate of drug-likeness (QED) is 0.0192. The highest BCUT2D eigenvalue weighted by molar-refractivity contribution is 5.87. The summed E-state index contributed by atoms with van der Waals surface area (Å²) in [6.07, 6.45) is 39.2. The van der Waals surface area contributed by atoms with Gasteiger partial charge in [0.05, 0.1) is 39.6 Å². The first kappa shape index (κ1) is 75.5. The lowest BCUT2D eigenvalue weighted by Crippen LogP contribution is -2.32. The number of aliphatic hydroxyl groups excluding tert-OH is 4. The molecule has 4 fully saturated rings. The lowest BCUT2D eigenvalue weighted by molar-refractivity contribution is -0.140. The highest BCUT2D eigenvalue weighted by Gasteiger charge is 2.36. The number of aryl methyl sites for hydroxylation is 1. The van der Waals surface area contributed by atoms with Crippen LogP contribution >= 0.6 is 0 Å². The number of esters is 2. The zero-order chi connectivity index (χ0) is 67.2.